The van der Waals surface area contributed by atoms with E-state index in [9.17, 15) is 22.4 Å². The zero-order chi connectivity index (χ0) is 26.6. The number of ether oxygens (including phenoxy) is 1. The van der Waals surface area contributed by atoms with Gasteiger partial charge in [0.25, 0.3) is 0 Å². The van der Waals surface area contributed by atoms with Crippen LogP contribution in [0.15, 0.2) is 42.5 Å². The Kier molecular flexibility index (Phi) is 9.13. The fourth-order valence-electron chi connectivity index (χ4n) is 3.27. The molecule has 35 heavy (non-hydrogen) atoms. The number of methoxy groups -OCH3 is 1. The van der Waals surface area contributed by atoms with Crippen LogP contribution < -0.4 is 14.4 Å². The third-order valence-electron chi connectivity index (χ3n) is 5.03. The van der Waals surface area contributed by atoms with Crippen LogP contribution in [-0.2, 0) is 26.2 Å². The van der Waals surface area contributed by atoms with Gasteiger partial charge in [0.15, 0.2) is 0 Å². The summed E-state index contributed by atoms with van der Waals surface area (Å²) in [4.78, 5) is 27.6. The Labute approximate surface area is 211 Å². The van der Waals surface area contributed by atoms with Crippen LogP contribution in [0.3, 0.4) is 0 Å². The number of hydrogen-bond acceptors (Lipinski definition) is 5. The van der Waals surface area contributed by atoms with Crippen LogP contribution in [0, 0.1) is 5.82 Å². The minimum atomic E-state index is -3.90. The predicted molar refractivity (Wildman–Crippen MR) is 135 cm³/mol. The Hall–Kier alpha value is -2.85. The topological polar surface area (TPSA) is 96.0 Å². The lowest BCUT2D eigenvalue weighted by Crippen LogP contribution is -2.54. The van der Waals surface area contributed by atoms with Gasteiger partial charge in [0.05, 0.1) is 24.1 Å². The van der Waals surface area contributed by atoms with Crippen LogP contribution in [0.2, 0.25) is 5.02 Å². The number of anilines is 1. The smallest absolute Gasteiger partial charge is 0.244 e. The van der Waals surface area contributed by atoms with Gasteiger partial charge in [-0.3, -0.25) is 13.9 Å². The van der Waals surface area contributed by atoms with Gasteiger partial charge in [0, 0.05) is 12.1 Å². The lowest BCUT2D eigenvalue weighted by Gasteiger charge is -2.33. The molecule has 0 aromatic heterocycles. The first-order valence-electron chi connectivity index (χ1n) is 10.8. The summed E-state index contributed by atoms with van der Waals surface area (Å²) in [6.07, 6.45) is 0.971. The van der Waals surface area contributed by atoms with Gasteiger partial charge in [-0.25, -0.2) is 12.8 Å². The second-order valence-electron chi connectivity index (χ2n) is 9.15. The number of rotatable bonds is 9. The largest absolute Gasteiger partial charge is 0.495 e. The Morgan fingerprint density at radius 2 is 1.74 bits per heavy atom. The minimum absolute atomic E-state index is 0.0290. The fraction of sp³-hybridized carbons (Fsp3) is 0.417. The van der Waals surface area contributed by atoms with E-state index in [0.717, 1.165) is 10.6 Å². The number of amides is 2. The van der Waals surface area contributed by atoms with Crippen molar-refractivity contribution in [3.63, 3.8) is 0 Å². The minimum Gasteiger partial charge on any atom is -0.495 e. The quantitative estimate of drug-likeness (QED) is 0.537. The summed E-state index contributed by atoms with van der Waals surface area (Å²) in [5.74, 6) is -1.13. The van der Waals surface area contributed by atoms with Gasteiger partial charge in [-0.2, -0.15) is 0 Å². The van der Waals surface area contributed by atoms with Crippen molar-refractivity contribution in [1.82, 2.24) is 10.2 Å². The molecule has 1 atom stereocenters. The van der Waals surface area contributed by atoms with Gasteiger partial charge in [-0.05, 0) is 63.6 Å². The number of nitrogens with one attached hydrogen (secondary N) is 1. The average molecular weight is 528 g/mol. The number of halogens is 2. The fourth-order valence-corrected chi connectivity index (χ4v) is 4.36. The number of hydrogen-bond donors (Lipinski definition) is 1. The first-order chi connectivity index (χ1) is 16.1. The summed E-state index contributed by atoms with van der Waals surface area (Å²) in [6, 6.07) is 8.92. The lowest BCUT2D eigenvalue weighted by atomic mass is 10.1. The number of carbonyl (C=O) groups excluding carboxylic acids is 2. The Balaban J connectivity index is 2.42. The van der Waals surface area contributed by atoms with E-state index in [1.807, 2.05) is 20.8 Å². The van der Waals surface area contributed by atoms with E-state index in [-0.39, 0.29) is 17.3 Å². The Morgan fingerprint density at radius 3 is 2.23 bits per heavy atom. The lowest BCUT2D eigenvalue weighted by molar-refractivity contribution is -0.140. The summed E-state index contributed by atoms with van der Waals surface area (Å²) in [7, 11) is -2.47. The van der Waals surface area contributed by atoms with Crippen LogP contribution in [-0.4, -0.2) is 56.6 Å². The van der Waals surface area contributed by atoms with Crippen LogP contribution in [0.1, 0.15) is 33.3 Å². The highest BCUT2D eigenvalue weighted by atomic mass is 35.5. The van der Waals surface area contributed by atoms with E-state index >= 15 is 0 Å². The van der Waals surface area contributed by atoms with Crippen LogP contribution >= 0.6 is 11.6 Å². The number of nitrogens with zero attached hydrogens (tertiary/aromatic N) is 2. The van der Waals surface area contributed by atoms with Crippen LogP contribution in [0.4, 0.5) is 10.1 Å². The van der Waals surface area contributed by atoms with Crippen molar-refractivity contribution >= 4 is 39.1 Å². The highest BCUT2D eigenvalue weighted by Gasteiger charge is 2.31. The molecule has 0 fully saturated rings. The molecule has 0 aliphatic rings. The maximum absolute atomic E-state index is 13.5. The normalized spacial score (nSPS) is 12.6. The van der Waals surface area contributed by atoms with Crippen molar-refractivity contribution < 1.29 is 27.1 Å². The van der Waals surface area contributed by atoms with E-state index in [1.54, 1.807) is 6.92 Å². The first kappa shape index (κ1) is 28.4. The molecule has 0 heterocycles. The molecule has 0 spiro atoms. The molecule has 0 aliphatic heterocycles. The Morgan fingerprint density at radius 1 is 1.14 bits per heavy atom. The molecule has 1 N–H and O–H groups in total. The third kappa shape index (κ3) is 8.10. The monoisotopic (exact) mass is 527 g/mol. The molecular formula is C24H31ClFN3O5S. The standard InChI is InChI=1S/C24H31ClFN3O5S/c1-16(23(31)27-24(2,3)4)28(14-17-7-9-18(26)10-8-17)22(30)15-29(35(6,32)33)19-11-12-21(34-5)20(25)13-19/h7-13,16H,14-15H2,1-6H3,(H,27,31)/t16-/m0/s1. The van der Waals surface area contributed by atoms with Gasteiger partial charge in [-0.15, -0.1) is 0 Å². The van der Waals surface area contributed by atoms with Crippen molar-refractivity contribution in [2.45, 2.75) is 45.8 Å². The van der Waals surface area contributed by atoms with Crippen molar-refractivity contribution in [3.8, 4) is 5.75 Å². The zero-order valence-electron chi connectivity index (χ0n) is 20.6. The van der Waals surface area contributed by atoms with Crippen molar-refractivity contribution in [2.75, 3.05) is 24.2 Å². The summed E-state index contributed by atoms with van der Waals surface area (Å²) in [5, 5.41) is 3.00. The van der Waals surface area contributed by atoms with E-state index in [2.05, 4.69) is 5.32 Å². The second kappa shape index (κ2) is 11.3. The molecule has 0 unspecified atom stereocenters. The van der Waals surface area contributed by atoms with E-state index in [1.165, 1.54) is 54.5 Å². The summed E-state index contributed by atoms with van der Waals surface area (Å²) in [6.45, 7) is 6.37. The maximum atomic E-state index is 13.5. The molecule has 0 bridgehead atoms. The van der Waals surface area contributed by atoms with Crippen molar-refractivity contribution in [3.05, 3.63) is 58.9 Å². The molecule has 0 saturated heterocycles. The molecule has 2 aromatic carbocycles. The van der Waals surface area contributed by atoms with E-state index in [0.29, 0.717) is 11.3 Å². The molecule has 2 amide bonds. The van der Waals surface area contributed by atoms with Gasteiger partial charge < -0.3 is 15.0 Å². The molecule has 0 saturated carbocycles. The number of sulfonamides is 1. The van der Waals surface area contributed by atoms with Gasteiger partial charge in [0.1, 0.15) is 24.2 Å². The first-order valence-corrected chi connectivity index (χ1v) is 13.0. The molecule has 8 nitrogen and oxygen atoms in total. The predicted octanol–water partition coefficient (Wildman–Crippen LogP) is 3.59. The van der Waals surface area contributed by atoms with E-state index in [4.69, 9.17) is 16.3 Å². The van der Waals surface area contributed by atoms with Gasteiger partial charge in [0.2, 0.25) is 21.8 Å². The van der Waals surface area contributed by atoms with Crippen LogP contribution in [0.5, 0.6) is 5.75 Å². The van der Waals surface area contributed by atoms with Gasteiger partial charge in [-0.1, -0.05) is 23.7 Å². The number of carbonyl (C=O) groups is 2. The SMILES string of the molecule is COc1ccc(N(CC(=O)N(Cc2ccc(F)cc2)[C@@H](C)C(=O)NC(C)(C)C)S(C)(=O)=O)cc1Cl. The molecule has 2 rings (SSSR count). The summed E-state index contributed by atoms with van der Waals surface area (Å²) < 4.78 is 44.6. The molecule has 2 aromatic rings. The molecule has 0 radical (unpaired) electrons. The summed E-state index contributed by atoms with van der Waals surface area (Å²) >= 11 is 6.17. The zero-order valence-corrected chi connectivity index (χ0v) is 22.2. The van der Waals surface area contributed by atoms with Crippen molar-refractivity contribution in [1.29, 1.82) is 0 Å². The summed E-state index contributed by atoms with van der Waals surface area (Å²) in [5.41, 5.74) is 0.197. The Bertz CT molecular complexity index is 1170. The average Bonchev–Trinajstić information content (AvgIpc) is 2.74. The molecule has 192 valence electrons. The van der Waals surface area contributed by atoms with Gasteiger partial charge >= 0.3 is 0 Å². The van der Waals surface area contributed by atoms with E-state index < -0.39 is 45.8 Å². The highest BCUT2D eigenvalue weighted by molar-refractivity contribution is 7.92. The number of benzene rings is 2. The second-order valence-corrected chi connectivity index (χ2v) is 11.5. The third-order valence-corrected chi connectivity index (χ3v) is 6.47. The molecule has 0 aliphatic carbocycles. The molecular weight excluding hydrogens is 497 g/mol. The van der Waals surface area contributed by atoms with Crippen LogP contribution in [0.25, 0.3) is 0 Å². The van der Waals surface area contributed by atoms with Crippen molar-refractivity contribution in [2.24, 2.45) is 0 Å². The maximum Gasteiger partial charge on any atom is 0.244 e. The highest BCUT2D eigenvalue weighted by Crippen LogP contribution is 2.30. The molecule has 11 heteroatoms.